The zero-order valence-electron chi connectivity index (χ0n) is 10.6. The highest BCUT2D eigenvalue weighted by atomic mass is 35.5. The molecule has 0 aliphatic carbocycles. The van der Waals surface area contributed by atoms with Crippen molar-refractivity contribution in [2.24, 2.45) is 5.14 Å². The normalized spacial score (nSPS) is 11.4. The first-order chi connectivity index (χ1) is 9.27. The molecule has 0 saturated heterocycles. The number of methoxy groups -OCH3 is 1. The lowest BCUT2D eigenvalue weighted by molar-refractivity contribution is 0.0468. The van der Waals surface area contributed by atoms with E-state index in [1.807, 2.05) is 0 Å². The van der Waals surface area contributed by atoms with Gasteiger partial charge in [0, 0.05) is 20.1 Å². The molecule has 1 rings (SSSR count). The van der Waals surface area contributed by atoms with Crippen molar-refractivity contribution in [1.29, 1.82) is 0 Å². The Bertz CT molecular complexity index is 605. The molecule has 6 nitrogen and oxygen atoms in total. The van der Waals surface area contributed by atoms with Gasteiger partial charge in [0.05, 0.1) is 22.1 Å². The summed E-state index contributed by atoms with van der Waals surface area (Å²) >= 11 is 5.61. The average Bonchev–Trinajstić information content (AvgIpc) is 2.36. The van der Waals surface area contributed by atoms with Gasteiger partial charge in [-0.1, -0.05) is 11.6 Å². The minimum atomic E-state index is -4.15. The number of esters is 1. The number of primary sulfonamides is 1. The summed E-state index contributed by atoms with van der Waals surface area (Å²) in [6, 6.07) is 1.51. The number of halogens is 2. The van der Waals surface area contributed by atoms with Crippen molar-refractivity contribution in [2.75, 3.05) is 20.3 Å². The number of ether oxygens (including phenoxy) is 2. The molecule has 0 spiro atoms. The third-order valence-electron chi connectivity index (χ3n) is 2.28. The molecule has 0 radical (unpaired) electrons. The lowest BCUT2D eigenvalue weighted by Crippen LogP contribution is -2.15. The smallest absolute Gasteiger partial charge is 0.339 e. The fourth-order valence-electron chi connectivity index (χ4n) is 1.32. The van der Waals surface area contributed by atoms with E-state index in [0.29, 0.717) is 19.1 Å². The predicted molar refractivity (Wildman–Crippen MR) is 69.6 cm³/mol. The van der Waals surface area contributed by atoms with Gasteiger partial charge in [-0.05, 0) is 12.1 Å². The molecule has 0 bridgehead atoms. The summed E-state index contributed by atoms with van der Waals surface area (Å²) in [7, 11) is -2.66. The van der Waals surface area contributed by atoms with Gasteiger partial charge in [0.15, 0.2) is 0 Å². The van der Waals surface area contributed by atoms with Crippen LogP contribution >= 0.6 is 11.6 Å². The van der Waals surface area contributed by atoms with Gasteiger partial charge in [-0.25, -0.2) is 22.7 Å². The second-order valence-electron chi connectivity index (χ2n) is 3.79. The van der Waals surface area contributed by atoms with Crippen molar-refractivity contribution in [1.82, 2.24) is 0 Å². The van der Waals surface area contributed by atoms with Crippen LogP contribution in [0.4, 0.5) is 4.39 Å². The number of rotatable bonds is 6. The van der Waals surface area contributed by atoms with Crippen LogP contribution in [-0.4, -0.2) is 34.7 Å². The van der Waals surface area contributed by atoms with Crippen LogP contribution in [0.15, 0.2) is 17.0 Å². The van der Waals surface area contributed by atoms with Gasteiger partial charge in [0.1, 0.15) is 5.82 Å². The van der Waals surface area contributed by atoms with Crippen LogP contribution in [0, 0.1) is 5.82 Å². The Kier molecular flexibility index (Phi) is 5.88. The van der Waals surface area contributed by atoms with Crippen LogP contribution in [0.3, 0.4) is 0 Å². The highest BCUT2D eigenvalue weighted by Gasteiger charge is 2.20. The molecule has 1 aromatic carbocycles. The van der Waals surface area contributed by atoms with Crippen molar-refractivity contribution < 1.29 is 27.1 Å². The van der Waals surface area contributed by atoms with Gasteiger partial charge in [-0.3, -0.25) is 0 Å². The molecule has 0 heterocycles. The van der Waals surface area contributed by atoms with E-state index < -0.39 is 37.3 Å². The molecule has 0 amide bonds. The Morgan fingerprint density at radius 2 is 2.05 bits per heavy atom. The first-order valence-electron chi connectivity index (χ1n) is 5.45. The third kappa shape index (κ3) is 4.41. The van der Waals surface area contributed by atoms with E-state index in [4.69, 9.17) is 26.2 Å². The fourth-order valence-corrected chi connectivity index (χ4v) is 2.06. The van der Waals surface area contributed by atoms with Gasteiger partial charge in [0.25, 0.3) is 0 Å². The Hall–Kier alpha value is -1.22. The zero-order chi connectivity index (χ0) is 15.3. The standard InChI is InChI=1S/C11H13ClFNO5S/c1-18-3-2-4-19-11(15)8-5-7(20(14,16)17)6-9(13)10(8)12/h5-6H,2-4H2,1H3,(H2,14,16,17). The molecule has 9 heteroatoms. The van der Waals surface area contributed by atoms with Crippen LogP contribution in [-0.2, 0) is 19.5 Å². The molecule has 0 fully saturated rings. The molecular weight excluding hydrogens is 313 g/mol. The van der Waals surface area contributed by atoms with Crippen molar-refractivity contribution in [3.63, 3.8) is 0 Å². The van der Waals surface area contributed by atoms with E-state index in [1.54, 1.807) is 0 Å². The van der Waals surface area contributed by atoms with Crippen molar-refractivity contribution in [2.45, 2.75) is 11.3 Å². The molecule has 0 unspecified atom stereocenters. The number of sulfonamides is 1. The highest BCUT2D eigenvalue weighted by Crippen LogP contribution is 2.24. The molecule has 0 aliphatic heterocycles. The van der Waals surface area contributed by atoms with E-state index in [-0.39, 0.29) is 6.61 Å². The van der Waals surface area contributed by atoms with Crippen LogP contribution in [0.25, 0.3) is 0 Å². The molecular formula is C11H13ClFNO5S. The van der Waals surface area contributed by atoms with Crippen molar-refractivity contribution in [3.05, 3.63) is 28.5 Å². The number of benzene rings is 1. The topological polar surface area (TPSA) is 95.7 Å². The molecule has 2 N–H and O–H groups in total. The second-order valence-corrected chi connectivity index (χ2v) is 5.73. The molecule has 20 heavy (non-hydrogen) atoms. The first kappa shape index (κ1) is 16.8. The average molecular weight is 326 g/mol. The molecule has 0 saturated carbocycles. The summed E-state index contributed by atoms with van der Waals surface area (Å²) in [5.41, 5.74) is -0.395. The van der Waals surface area contributed by atoms with Gasteiger partial charge in [0.2, 0.25) is 10.0 Å². The van der Waals surface area contributed by atoms with Gasteiger partial charge >= 0.3 is 5.97 Å². The van der Waals surface area contributed by atoms with Gasteiger partial charge in [-0.15, -0.1) is 0 Å². The highest BCUT2D eigenvalue weighted by molar-refractivity contribution is 7.89. The third-order valence-corrected chi connectivity index (χ3v) is 3.55. The molecule has 0 atom stereocenters. The van der Waals surface area contributed by atoms with Gasteiger partial charge < -0.3 is 9.47 Å². The van der Waals surface area contributed by atoms with Crippen LogP contribution < -0.4 is 5.14 Å². The summed E-state index contributed by atoms with van der Waals surface area (Å²) in [5.74, 6) is -2.00. The Balaban J connectivity index is 2.99. The maximum atomic E-state index is 13.5. The Morgan fingerprint density at radius 3 is 2.60 bits per heavy atom. The lowest BCUT2D eigenvalue weighted by Gasteiger charge is -2.08. The van der Waals surface area contributed by atoms with E-state index in [2.05, 4.69) is 0 Å². The Morgan fingerprint density at radius 1 is 1.40 bits per heavy atom. The number of hydrogen-bond acceptors (Lipinski definition) is 5. The predicted octanol–water partition coefficient (Wildman–Crippen LogP) is 1.32. The SMILES string of the molecule is COCCCOC(=O)c1cc(S(N)(=O)=O)cc(F)c1Cl. The van der Waals surface area contributed by atoms with Crippen molar-refractivity contribution in [3.8, 4) is 0 Å². The molecule has 112 valence electrons. The summed E-state index contributed by atoms with van der Waals surface area (Å²) in [4.78, 5) is 11.2. The van der Waals surface area contributed by atoms with E-state index in [1.165, 1.54) is 7.11 Å². The summed E-state index contributed by atoms with van der Waals surface area (Å²) < 4.78 is 45.4. The minimum Gasteiger partial charge on any atom is -0.462 e. The molecule has 0 aliphatic rings. The van der Waals surface area contributed by atoms with Crippen LogP contribution in [0.5, 0.6) is 0 Å². The first-order valence-corrected chi connectivity index (χ1v) is 7.37. The number of carbonyl (C=O) groups is 1. The molecule has 1 aromatic rings. The summed E-state index contributed by atoms with van der Waals surface area (Å²) in [5, 5.41) is 4.36. The summed E-state index contributed by atoms with van der Waals surface area (Å²) in [6.07, 6.45) is 0.442. The minimum absolute atomic E-state index is 0.0320. The van der Waals surface area contributed by atoms with E-state index in [9.17, 15) is 17.6 Å². The number of nitrogens with two attached hydrogens (primary N) is 1. The zero-order valence-corrected chi connectivity index (χ0v) is 12.1. The van der Waals surface area contributed by atoms with Crippen molar-refractivity contribution >= 4 is 27.6 Å². The number of carbonyl (C=O) groups excluding carboxylic acids is 1. The second kappa shape index (κ2) is 6.98. The van der Waals surface area contributed by atoms with Crippen LogP contribution in [0.2, 0.25) is 5.02 Å². The molecule has 0 aromatic heterocycles. The lowest BCUT2D eigenvalue weighted by atomic mass is 10.2. The maximum absolute atomic E-state index is 13.5. The summed E-state index contributed by atoms with van der Waals surface area (Å²) in [6.45, 7) is 0.414. The van der Waals surface area contributed by atoms with Crippen LogP contribution in [0.1, 0.15) is 16.8 Å². The quantitative estimate of drug-likeness (QED) is 0.628. The van der Waals surface area contributed by atoms with E-state index >= 15 is 0 Å². The Labute approximate surface area is 120 Å². The number of hydrogen-bond donors (Lipinski definition) is 1. The largest absolute Gasteiger partial charge is 0.462 e. The fraction of sp³-hybridized carbons (Fsp3) is 0.364. The maximum Gasteiger partial charge on any atom is 0.339 e. The van der Waals surface area contributed by atoms with Gasteiger partial charge in [-0.2, -0.15) is 0 Å². The monoisotopic (exact) mass is 325 g/mol. The van der Waals surface area contributed by atoms with E-state index in [0.717, 1.165) is 6.07 Å².